The van der Waals surface area contributed by atoms with E-state index in [1.54, 1.807) is 34.5 Å². The number of aromatic nitrogens is 4. The molecule has 0 bridgehead atoms. The Morgan fingerprint density at radius 3 is 2.49 bits per heavy atom. The summed E-state index contributed by atoms with van der Waals surface area (Å²) in [5.41, 5.74) is 3.44. The number of carbonyl (C=O) groups is 3. The van der Waals surface area contributed by atoms with Crippen molar-refractivity contribution < 1.29 is 19.5 Å². The van der Waals surface area contributed by atoms with E-state index in [4.69, 9.17) is 4.98 Å². The number of thiazole rings is 1. The maximum absolute atomic E-state index is 13.8. The van der Waals surface area contributed by atoms with Gasteiger partial charge in [-0.15, -0.1) is 11.3 Å². The number of hydrogen-bond donors (Lipinski definition) is 1. The zero-order chi connectivity index (χ0) is 28.3. The summed E-state index contributed by atoms with van der Waals surface area (Å²) >= 11 is 1.37. The maximum atomic E-state index is 13.8. The summed E-state index contributed by atoms with van der Waals surface area (Å²) in [4.78, 5) is 58.8. The molecule has 1 atom stereocenters. The molecule has 1 saturated carbocycles. The van der Waals surface area contributed by atoms with Crippen LogP contribution in [0.5, 0.6) is 0 Å². The van der Waals surface area contributed by atoms with Crippen molar-refractivity contribution in [1.82, 2.24) is 19.9 Å². The normalized spacial score (nSPS) is 15.6. The molecule has 3 aromatic heterocycles. The minimum atomic E-state index is -1.04. The topological polar surface area (TPSA) is 129 Å². The lowest BCUT2D eigenvalue weighted by atomic mass is 9.99. The van der Waals surface area contributed by atoms with Gasteiger partial charge in [0, 0.05) is 60.5 Å². The summed E-state index contributed by atoms with van der Waals surface area (Å²) in [5, 5.41) is 12.0. The third-order valence-corrected chi connectivity index (χ3v) is 8.12. The number of carboxylic acid groups (broad SMARTS) is 1. The molecule has 10 nitrogen and oxygen atoms in total. The van der Waals surface area contributed by atoms with Gasteiger partial charge in [0.25, 0.3) is 0 Å². The second kappa shape index (κ2) is 11.5. The van der Waals surface area contributed by atoms with Crippen molar-refractivity contribution in [3.63, 3.8) is 0 Å². The van der Waals surface area contributed by atoms with Gasteiger partial charge < -0.3 is 5.11 Å². The average Bonchev–Trinajstić information content (AvgIpc) is 3.53. The predicted octanol–water partition coefficient (Wildman–Crippen LogP) is 4.62. The van der Waals surface area contributed by atoms with Crippen LogP contribution in [0, 0.1) is 5.92 Å². The lowest BCUT2D eigenvalue weighted by Gasteiger charge is -2.24. The van der Waals surface area contributed by atoms with E-state index in [1.807, 2.05) is 41.8 Å². The van der Waals surface area contributed by atoms with Gasteiger partial charge in [-0.05, 0) is 43.0 Å². The molecule has 1 aliphatic heterocycles. The van der Waals surface area contributed by atoms with E-state index < -0.39 is 11.9 Å². The molecule has 1 N–H and O–H groups in total. The molecule has 2 fully saturated rings. The van der Waals surface area contributed by atoms with Crippen LogP contribution in [-0.2, 0) is 20.8 Å². The Morgan fingerprint density at radius 2 is 1.83 bits per heavy atom. The highest BCUT2D eigenvalue weighted by Gasteiger charge is 2.39. The van der Waals surface area contributed by atoms with E-state index in [2.05, 4.69) is 15.0 Å². The minimum absolute atomic E-state index is 0.00484. The van der Waals surface area contributed by atoms with E-state index in [9.17, 15) is 19.5 Å². The van der Waals surface area contributed by atoms with Crippen molar-refractivity contribution in [2.45, 2.75) is 44.6 Å². The second-order valence-electron chi connectivity index (χ2n) is 10.2. The third-order valence-electron chi connectivity index (χ3n) is 7.28. The molecule has 1 aromatic carbocycles. The number of amides is 2. The van der Waals surface area contributed by atoms with E-state index in [1.165, 1.54) is 11.3 Å². The Morgan fingerprint density at radius 1 is 1.05 bits per heavy atom. The molecule has 4 aromatic rings. The van der Waals surface area contributed by atoms with Crippen molar-refractivity contribution in [2.24, 2.45) is 5.92 Å². The molecule has 41 heavy (non-hydrogen) atoms. The van der Waals surface area contributed by atoms with Crippen molar-refractivity contribution in [2.75, 3.05) is 16.3 Å². The zero-order valence-corrected chi connectivity index (χ0v) is 23.0. The zero-order valence-electron chi connectivity index (χ0n) is 22.2. The van der Waals surface area contributed by atoms with Gasteiger partial charge in [-0.1, -0.05) is 24.3 Å². The van der Waals surface area contributed by atoms with Crippen LogP contribution in [0.25, 0.3) is 22.4 Å². The monoisotopic (exact) mass is 568 g/mol. The quantitative estimate of drug-likeness (QED) is 0.293. The highest BCUT2D eigenvalue weighted by molar-refractivity contribution is 7.14. The first-order valence-corrected chi connectivity index (χ1v) is 14.5. The standard InChI is InChI=1S/C30H28N6O4S/c37-27-7-3-14-35(27)26-11-8-19(17-33-26)22-5-1-2-6-23(22)24-18-41-30(34-24)36(21-9-10-21)29(40)20(16-28(38)39)15-25-31-12-4-13-32-25/h1-2,4-6,8,11-13,17-18,20-21H,3,7,9-10,14-16H2,(H,38,39). The number of benzene rings is 1. The van der Waals surface area contributed by atoms with Crippen LogP contribution < -0.4 is 9.80 Å². The first-order chi connectivity index (χ1) is 20.0. The average molecular weight is 569 g/mol. The number of anilines is 2. The van der Waals surface area contributed by atoms with Gasteiger partial charge >= 0.3 is 5.97 Å². The molecule has 6 rings (SSSR count). The number of aliphatic carboxylic acids is 1. The van der Waals surface area contributed by atoms with Gasteiger partial charge in [-0.25, -0.2) is 19.9 Å². The van der Waals surface area contributed by atoms with Crippen LogP contribution in [0.1, 0.15) is 37.9 Å². The lowest BCUT2D eigenvalue weighted by molar-refractivity contribution is -0.140. The van der Waals surface area contributed by atoms with E-state index >= 15 is 0 Å². The third kappa shape index (κ3) is 5.85. The van der Waals surface area contributed by atoms with E-state index in [0.717, 1.165) is 41.6 Å². The maximum Gasteiger partial charge on any atom is 0.304 e. The Bertz CT molecular complexity index is 1570. The summed E-state index contributed by atoms with van der Waals surface area (Å²) in [7, 11) is 0. The first kappa shape index (κ1) is 26.7. The smallest absolute Gasteiger partial charge is 0.304 e. The largest absolute Gasteiger partial charge is 0.481 e. The number of hydrogen-bond acceptors (Lipinski definition) is 8. The van der Waals surface area contributed by atoms with Crippen molar-refractivity contribution in [1.29, 1.82) is 0 Å². The first-order valence-electron chi connectivity index (χ1n) is 13.6. The summed E-state index contributed by atoms with van der Waals surface area (Å²) in [6.07, 6.45) is 7.86. The molecule has 208 valence electrons. The summed E-state index contributed by atoms with van der Waals surface area (Å²) < 4.78 is 0. The summed E-state index contributed by atoms with van der Waals surface area (Å²) in [6.45, 7) is 0.686. The number of pyridine rings is 1. The van der Waals surface area contributed by atoms with Crippen molar-refractivity contribution in [3.8, 4) is 22.4 Å². The minimum Gasteiger partial charge on any atom is -0.481 e. The van der Waals surface area contributed by atoms with Crippen LogP contribution >= 0.6 is 11.3 Å². The number of rotatable bonds is 10. The van der Waals surface area contributed by atoms with Crippen LogP contribution in [0.2, 0.25) is 0 Å². The van der Waals surface area contributed by atoms with Crippen LogP contribution in [0.15, 0.2) is 66.4 Å². The summed E-state index contributed by atoms with van der Waals surface area (Å²) in [6, 6.07) is 13.4. The van der Waals surface area contributed by atoms with Crippen LogP contribution in [0.3, 0.4) is 0 Å². The fourth-order valence-corrected chi connectivity index (χ4v) is 6.03. The van der Waals surface area contributed by atoms with Gasteiger partial charge in [0.1, 0.15) is 11.6 Å². The molecule has 4 heterocycles. The van der Waals surface area contributed by atoms with E-state index in [0.29, 0.717) is 29.7 Å². The Hall–Kier alpha value is -4.51. The summed E-state index contributed by atoms with van der Waals surface area (Å²) in [5.74, 6) is -0.935. The molecule has 11 heteroatoms. The molecular weight excluding hydrogens is 540 g/mol. The fraction of sp³-hybridized carbons (Fsp3) is 0.300. The Labute approximate surface area is 240 Å². The van der Waals surface area contributed by atoms with Crippen LogP contribution in [0.4, 0.5) is 10.9 Å². The molecule has 0 spiro atoms. The van der Waals surface area contributed by atoms with Crippen LogP contribution in [-0.4, -0.2) is 55.4 Å². The SMILES string of the molecule is O=C(O)CC(Cc1ncccn1)C(=O)N(c1nc(-c2ccccc2-c2ccc(N3CCCC3=O)nc2)cs1)C1CC1. The fourth-order valence-electron chi connectivity index (χ4n) is 5.13. The molecule has 0 radical (unpaired) electrons. The molecule has 2 aliphatic rings. The molecular formula is C30H28N6O4S. The number of carbonyl (C=O) groups excluding carboxylic acids is 2. The lowest BCUT2D eigenvalue weighted by Crippen LogP contribution is -2.40. The van der Waals surface area contributed by atoms with Gasteiger partial charge in [-0.2, -0.15) is 0 Å². The van der Waals surface area contributed by atoms with Gasteiger partial charge in [0.2, 0.25) is 11.8 Å². The molecule has 2 amide bonds. The van der Waals surface area contributed by atoms with Crippen molar-refractivity contribution in [3.05, 3.63) is 72.3 Å². The Balaban J connectivity index is 1.28. The molecule has 1 unspecified atom stereocenters. The van der Waals surface area contributed by atoms with Crippen molar-refractivity contribution >= 4 is 40.1 Å². The van der Waals surface area contributed by atoms with Gasteiger partial charge in [-0.3, -0.25) is 24.2 Å². The molecule has 1 aliphatic carbocycles. The molecule has 1 saturated heterocycles. The highest BCUT2D eigenvalue weighted by Crippen LogP contribution is 2.39. The number of nitrogens with zero attached hydrogens (tertiary/aromatic N) is 6. The predicted molar refractivity (Wildman–Crippen MR) is 154 cm³/mol. The van der Waals surface area contributed by atoms with Gasteiger partial charge in [0.15, 0.2) is 5.13 Å². The Kier molecular flexibility index (Phi) is 7.51. The highest BCUT2D eigenvalue weighted by atomic mass is 32.1. The van der Waals surface area contributed by atoms with Gasteiger partial charge in [0.05, 0.1) is 18.0 Å². The second-order valence-corrected chi connectivity index (χ2v) is 11.1. The number of carboxylic acids is 1. The van der Waals surface area contributed by atoms with E-state index in [-0.39, 0.29) is 30.7 Å².